The van der Waals surface area contributed by atoms with Crippen molar-refractivity contribution >= 4 is 30.1 Å². The maximum Gasteiger partial charge on any atom is 0.323 e. The number of hydrogen-bond donors (Lipinski definition) is 1. The van der Waals surface area contributed by atoms with Crippen molar-refractivity contribution in [3.63, 3.8) is 0 Å². The molecule has 0 aromatic rings. The first-order chi connectivity index (χ1) is 7.24. The van der Waals surface area contributed by atoms with Gasteiger partial charge in [-0.15, -0.1) is 12.4 Å². The molecular weight excluding hydrogens is 246 g/mol. The Morgan fingerprint density at radius 1 is 1.44 bits per heavy atom. The van der Waals surface area contributed by atoms with E-state index in [4.69, 9.17) is 10.5 Å². The Labute approximate surface area is 108 Å². The topological polar surface area (TPSA) is 52.3 Å². The van der Waals surface area contributed by atoms with E-state index >= 15 is 0 Å². The highest BCUT2D eigenvalue weighted by molar-refractivity contribution is 7.98. The van der Waals surface area contributed by atoms with Gasteiger partial charge in [0.2, 0.25) is 0 Å². The average Bonchev–Trinajstić information content (AvgIpc) is 2.27. The lowest BCUT2D eigenvalue weighted by molar-refractivity contribution is -0.152. The Hall–Kier alpha value is 0.0700. The van der Waals surface area contributed by atoms with Crippen molar-refractivity contribution in [3.05, 3.63) is 0 Å². The lowest BCUT2D eigenvalue weighted by atomic mass is 9.98. The number of nitrogens with two attached hydrogens (primary N) is 1. The van der Waals surface area contributed by atoms with Gasteiger partial charge in [0.05, 0.1) is 0 Å². The van der Waals surface area contributed by atoms with Crippen LogP contribution in [0.25, 0.3) is 0 Å². The first kappa shape index (κ1) is 16.1. The fraction of sp³-hybridized carbons (Fsp3) is 0.909. The molecule has 0 spiro atoms. The summed E-state index contributed by atoms with van der Waals surface area (Å²) in [7, 11) is 0. The molecule has 1 aliphatic rings. The normalized spacial score (nSPS) is 18.6. The van der Waals surface area contributed by atoms with Crippen LogP contribution in [0.5, 0.6) is 0 Å². The van der Waals surface area contributed by atoms with Crippen LogP contribution in [-0.4, -0.2) is 30.1 Å². The highest BCUT2D eigenvalue weighted by Crippen LogP contribution is 2.20. The van der Waals surface area contributed by atoms with E-state index in [1.54, 1.807) is 11.8 Å². The zero-order valence-corrected chi connectivity index (χ0v) is 11.4. The van der Waals surface area contributed by atoms with Crippen LogP contribution < -0.4 is 5.73 Å². The van der Waals surface area contributed by atoms with Crippen LogP contribution in [0, 0.1) is 0 Å². The maximum atomic E-state index is 11.6. The zero-order valence-electron chi connectivity index (χ0n) is 9.81. The molecule has 1 aliphatic carbocycles. The molecule has 3 nitrogen and oxygen atoms in total. The molecule has 16 heavy (non-hydrogen) atoms. The molecule has 0 bridgehead atoms. The van der Waals surface area contributed by atoms with Gasteiger partial charge in [0.1, 0.15) is 12.1 Å². The van der Waals surface area contributed by atoms with Crippen LogP contribution >= 0.6 is 24.2 Å². The van der Waals surface area contributed by atoms with Crippen LogP contribution in [0.15, 0.2) is 0 Å². The number of ether oxygens (including phenoxy) is 1. The van der Waals surface area contributed by atoms with Crippen molar-refractivity contribution in [2.24, 2.45) is 5.73 Å². The Bertz CT molecular complexity index is 198. The van der Waals surface area contributed by atoms with Gasteiger partial charge in [-0.3, -0.25) is 4.79 Å². The van der Waals surface area contributed by atoms with E-state index in [1.807, 2.05) is 6.26 Å². The summed E-state index contributed by atoms with van der Waals surface area (Å²) >= 11 is 1.71. The van der Waals surface area contributed by atoms with Gasteiger partial charge in [-0.1, -0.05) is 6.42 Å². The standard InChI is InChI=1S/C11H21NO2S.ClH/c1-15-8-7-10(12)11(13)14-9-5-3-2-4-6-9;/h9-10H,2-8,12H2,1H3;1H/t10-;/m0./s1. The quantitative estimate of drug-likeness (QED) is 0.777. The zero-order chi connectivity index (χ0) is 11.1. The van der Waals surface area contributed by atoms with E-state index in [9.17, 15) is 4.79 Å². The molecular formula is C11H22ClNO2S. The van der Waals surface area contributed by atoms with Crippen molar-refractivity contribution in [1.82, 2.24) is 0 Å². The Morgan fingerprint density at radius 2 is 2.06 bits per heavy atom. The Kier molecular flexibility index (Phi) is 9.18. The van der Waals surface area contributed by atoms with Crippen molar-refractivity contribution in [2.45, 2.75) is 50.7 Å². The van der Waals surface area contributed by atoms with E-state index in [0.717, 1.165) is 18.6 Å². The van der Waals surface area contributed by atoms with Crippen molar-refractivity contribution < 1.29 is 9.53 Å². The largest absolute Gasteiger partial charge is 0.461 e. The summed E-state index contributed by atoms with van der Waals surface area (Å²) in [5, 5.41) is 0. The van der Waals surface area contributed by atoms with Gasteiger partial charge in [0.15, 0.2) is 0 Å². The SMILES string of the molecule is CSCC[C@H](N)C(=O)OC1CCCCC1.Cl. The molecule has 0 aromatic heterocycles. The molecule has 1 fully saturated rings. The summed E-state index contributed by atoms with van der Waals surface area (Å²) in [4.78, 5) is 11.6. The predicted octanol–water partition coefficient (Wildman–Crippen LogP) is 2.36. The van der Waals surface area contributed by atoms with Gasteiger partial charge in [-0.2, -0.15) is 11.8 Å². The van der Waals surface area contributed by atoms with E-state index in [0.29, 0.717) is 6.42 Å². The number of esters is 1. The number of rotatable bonds is 5. The van der Waals surface area contributed by atoms with E-state index in [2.05, 4.69) is 0 Å². The highest BCUT2D eigenvalue weighted by Gasteiger charge is 2.21. The first-order valence-corrected chi connectivity index (χ1v) is 7.08. The summed E-state index contributed by atoms with van der Waals surface area (Å²) in [6, 6.07) is -0.431. The smallest absolute Gasteiger partial charge is 0.323 e. The molecule has 2 N–H and O–H groups in total. The number of carbonyl (C=O) groups excluding carboxylic acids is 1. The minimum absolute atomic E-state index is 0. The van der Waals surface area contributed by atoms with Gasteiger partial charge in [-0.25, -0.2) is 0 Å². The van der Waals surface area contributed by atoms with Crippen molar-refractivity contribution in [2.75, 3.05) is 12.0 Å². The third kappa shape index (κ3) is 5.97. The monoisotopic (exact) mass is 267 g/mol. The number of thioether (sulfide) groups is 1. The second-order valence-corrected chi connectivity index (χ2v) is 5.07. The molecule has 1 atom stereocenters. The van der Waals surface area contributed by atoms with Gasteiger partial charge in [0.25, 0.3) is 0 Å². The van der Waals surface area contributed by atoms with Gasteiger partial charge in [0, 0.05) is 0 Å². The highest BCUT2D eigenvalue weighted by atomic mass is 35.5. The lowest BCUT2D eigenvalue weighted by Crippen LogP contribution is -2.36. The third-order valence-electron chi connectivity index (χ3n) is 2.77. The molecule has 0 saturated heterocycles. The molecule has 0 radical (unpaired) electrons. The van der Waals surface area contributed by atoms with Crippen LogP contribution in [0.1, 0.15) is 38.5 Å². The van der Waals surface area contributed by atoms with Gasteiger partial charge >= 0.3 is 5.97 Å². The average molecular weight is 268 g/mol. The molecule has 0 unspecified atom stereocenters. The van der Waals surface area contributed by atoms with Crippen LogP contribution in [0.4, 0.5) is 0 Å². The third-order valence-corrected chi connectivity index (χ3v) is 3.41. The molecule has 0 aliphatic heterocycles. The molecule has 5 heteroatoms. The lowest BCUT2D eigenvalue weighted by Gasteiger charge is -2.23. The minimum Gasteiger partial charge on any atom is -0.461 e. The second kappa shape index (κ2) is 9.14. The first-order valence-electron chi connectivity index (χ1n) is 5.69. The van der Waals surface area contributed by atoms with Gasteiger partial charge < -0.3 is 10.5 Å². The molecule has 1 saturated carbocycles. The summed E-state index contributed by atoms with van der Waals surface area (Å²) in [5.41, 5.74) is 5.73. The fourth-order valence-electron chi connectivity index (χ4n) is 1.80. The summed E-state index contributed by atoms with van der Waals surface area (Å²) < 4.78 is 5.38. The molecule has 0 heterocycles. The Balaban J connectivity index is 0.00000225. The van der Waals surface area contributed by atoms with Crippen LogP contribution in [0.3, 0.4) is 0 Å². The Morgan fingerprint density at radius 3 is 2.62 bits per heavy atom. The van der Waals surface area contributed by atoms with E-state index in [1.165, 1.54) is 19.3 Å². The summed E-state index contributed by atoms with van der Waals surface area (Å²) in [6.07, 6.45) is 8.52. The van der Waals surface area contributed by atoms with Crippen molar-refractivity contribution in [3.8, 4) is 0 Å². The van der Waals surface area contributed by atoms with Crippen LogP contribution in [0.2, 0.25) is 0 Å². The molecule has 1 rings (SSSR count). The maximum absolute atomic E-state index is 11.6. The number of halogens is 1. The molecule has 0 aromatic carbocycles. The fourth-order valence-corrected chi connectivity index (χ4v) is 2.29. The molecule has 96 valence electrons. The van der Waals surface area contributed by atoms with Crippen LogP contribution in [-0.2, 0) is 9.53 Å². The van der Waals surface area contributed by atoms with E-state index < -0.39 is 6.04 Å². The number of carbonyl (C=O) groups is 1. The second-order valence-electron chi connectivity index (χ2n) is 4.08. The van der Waals surface area contributed by atoms with Gasteiger partial charge in [-0.05, 0) is 44.1 Å². The molecule has 0 amide bonds. The predicted molar refractivity (Wildman–Crippen MR) is 71.2 cm³/mol. The number of hydrogen-bond acceptors (Lipinski definition) is 4. The van der Waals surface area contributed by atoms with E-state index in [-0.39, 0.29) is 24.5 Å². The summed E-state index contributed by atoms with van der Waals surface area (Å²) in [5.74, 6) is 0.706. The minimum atomic E-state index is -0.431. The summed E-state index contributed by atoms with van der Waals surface area (Å²) in [6.45, 7) is 0. The van der Waals surface area contributed by atoms with Crippen molar-refractivity contribution in [1.29, 1.82) is 0 Å².